The molecule has 0 fully saturated rings. The minimum atomic E-state index is -0.206. The van der Waals surface area contributed by atoms with Crippen molar-refractivity contribution in [2.45, 2.75) is 46.8 Å². The Labute approximate surface area is 179 Å². The largest absolute Gasteiger partial charge is 0.494 e. The number of benzene rings is 2. The molecule has 0 radical (unpaired) electrons. The van der Waals surface area contributed by atoms with Crippen molar-refractivity contribution in [2.75, 3.05) is 19.0 Å². The van der Waals surface area contributed by atoms with E-state index in [-0.39, 0.29) is 12.1 Å². The third-order valence-electron chi connectivity index (χ3n) is 4.28. The van der Waals surface area contributed by atoms with Gasteiger partial charge in [-0.1, -0.05) is 24.3 Å². The quantitative estimate of drug-likeness (QED) is 0.393. The van der Waals surface area contributed by atoms with Crippen molar-refractivity contribution in [3.63, 3.8) is 0 Å². The van der Waals surface area contributed by atoms with Gasteiger partial charge in [0, 0.05) is 37.4 Å². The zero-order valence-electron chi connectivity index (χ0n) is 18.5. The van der Waals surface area contributed by atoms with Gasteiger partial charge in [0.05, 0.1) is 6.61 Å². The Morgan fingerprint density at radius 1 is 1.07 bits per heavy atom. The summed E-state index contributed by atoms with van der Waals surface area (Å²) in [6.45, 7) is 9.74. The van der Waals surface area contributed by atoms with Crippen LogP contribution in [0.5, 0.6) is 5.75 Å². The number of rotatable bonds is 8. The van der Waals surface area contributed by atoms with E-state index in [4.69, 9.17) is 4.74 Å². The highest BCUT2D eigenvalue weighted by Crippen LogP contribution is 2.20. The first kappa shape index (κ1) is 23.1. The monoisotopic (exact) mass is 411 g/mol. The highest BCUT2D eigenvalue weighted by Gasteiger charge is 2.06. The van der Waals surface area contributed by atoms with E-state index in [1.54, 1.807) is 7.05 Å². The highest BCUT2D eigenvalue weighted by atomic mass is 16.5. The number of nitrogens with one attached hydrogen (secondary N) is 4. The van der Waals surface area contributed by atoms with E-state index in [9.17, 15) is 4.79 Å². The van der Waals surface area contributed by atoms with Crippen LogP contribution in [0.25, 0.3) is 0 Å². The van der Waals surface area contributed by atoms with E-state index in [2.05, 4.69) is 45.3 Å². The summed E-state index contributed by atoms with van der Waals surface area (Å²) in [5, 5.41) is 12.2. The maximum atomic E-state index is 11.8. The predicted molar refractivity (Wildman–Crippen MR) is 123 cm³/mol. The molecule has 0 unspecified atom stereocenters. The summed E-state index contributed by atoms with van der Waals surface area (Å²) in [5.41, 5.74) is 4.09. The molecule has 0 aliphatic heterocycles. The maximum absolute atomic E-state index is 11.8. The van der Waals surface area contributed by atoms with E-state index in [0.29, 0.717) is 25.7 Å². The minimum absolute atomic E-state index is 0.0947. The fraction of sp³-hybridized carbons (Fsp3) is 0.391. The zero-order chi connectivity index (χ0) is 21.9. The number of ether oxygens (including phenoxy) is 1. The third kappa shape index (κ3) is 7.66. The normalized spacial score (nSPS) is 11.2. The number of guanidine groups is 1. The highest BCUT2D eigenvalue weighted by molar-refractivity contribution is 5.89. The first-order chi connectivity index (χ1) is 14.4. The fourth-order valence-electron chi connectivity index (χ4n) is 2.82. The average Bonchev–Trinajstić information content (AvgIpc) is 2.70. The van der Waals surface area contributed by atoms with Gasteiger partial charge in [-0.3, -0.25) is 4.99 Å². The molecule has 7 nitrogen and oxygen atoms in total. The van der Waals surface area contributed by atoms with Crippen molar-refractivity contribution in [3.05, 3.63) is 59.2 Å². The lowest BCUT2D eigenvalue weighted by atomic mass is 10.1. The Bertz CT molecular complexity index is 847. The average molecular weight is 412 g/mol. The van der Waals surface area contributed by atoms with Gasteiger partial charge in [0.2, 0.25) is 0 Å². The van der Waals surface area contributed by atoms with E-state index in [1.807, 2.05) is 51.1 Å². The Morgan fingerprint density at radius 2 is 1.77 bits per heavy atom. The molecule has 2 rings (SSSR count). The van der Waals surface area contributed by atoms with Crippen molar-refractivity contribution >= 4 is 17.7 Å². The molecule has 162 valence electrons. The number of carbonyl (C=O) groups is 1. The number of aliphatic imine (C=N–C) groups is 1. The van der Waals surface area contributed by atoms with E-state index in [0.717, 1.165) is 22.6 Å². The van der Waals surface area contributed by atoms with E-state index in [1.165, 1.54) is 5.56 Å². The number of urea groups is 1. The molecular weight excluding hydrogens is 378 g/mol. The number of nitrogens with zero attached hydrogens (tertiary/aromatic N) is 1. The van der Waals surface area contributed by atoms with Crippen LogP contribution in [0, 0.1) is 6.92 Å². The van der Waals surface area contributed by atoms with Gasteiger partial charge in [-0.05, 0) is 57.0 Å². The molecule has 0 aliphatic carbocycles. The molecule has 0 spiro atoms. The lowest BCUT2D eigenvalue weighted by Gasteiger charge is -2.15. The van der Waals surface area contributed by atoms with Gasteiger partial charge < -0.3 is 26.0 Å². The lowest BCUT2D eigenvalue weighted by Crippen LogP contribution is -2.36. The third-order valence-corrected chi connectivity index (χ3v) is 4.28. The Morgan fingerprint density at radius 3 is 2.40 bits per heavy atom. The first-order valence-electron chi connectivity index (χ1n) is 10.2. The van der Waals surface area contributed by atoms with Gasteiger partial charge in [0.25, 0.3) is 0 Å². The predicted octanol–water partition coefficient (Wildman–Crippen LogP) is 3.79. The van der Waals surface area contributed by atoms with Gasteiger partial charge in [-0.15, -0.1) is 0 Å². The second kappa shape index (κ2) is 11.7. The van der Waals surface area contributed by atoms with Crippen LogP contribution in [0.15, 0.2) is 47.5 Å². The van der Waals surface area contributed by atoms with E-state index >= 15 is 0 Å². The van der Waals surface area contributed by atoms with Crippen molar-refractivity contribution in [2.24, 2.45) is 4.99 Å². The molecule has 2 amide bonds. The Balaban J connectivity index is 1.86. The van der Waals surface area contributed by atoms with Crippen LogP contribution in [0.2, 0.25) is 0 Å². The molecule has 0 aromatic heterocycles. The van der Waals surface area contributed by atoms with Gasteiger partial charge >= 0.3 is 6.03 Å². The van der Waals surface area contributed by atoms with Crippen LogP contribution >= 0.6 is 0 Å². The second-order valence-electron chi connectivity index (χ2n) is 7.27. The fourth-order valence-corrected chi connectivity index (χ4v) is 2.82. The number of aryl methyl sites for hydroxylation is 1. The smallest absolute Gasteiger partial charge is 0.319 e. The summed E-state index contributed by atoms with van der Waals surface area (Å²) in [6.07, 6.45) is 0. The molecule has 2 aromatic rings. The molecule has 7 heteroatoms. The summed E-state index contributed by atoms with van der Waals surface area (Å²) in [5.74, 6) is 1.60. The lowest BCUT2D eigenvalue weighted by molar-refractivity contribution is 0.250. The molecular formula is C23H33N5O2. The molecule has 2 aromatic carbocycles. The molecule has 0 atom stereocenters. The second-order valence-corrected chi connectivity index (χ2v) is 7.27. The maximum Gasteiger partial charge on any atom is 0.319 e. The molecule has 0 saturated carbocycles. The van der Waals surface area contributed by atoms with E-state index < -0.39 is 0 Å². The SMILES string of the molecule is CCOc1cc(C)ccc1CNC(=NC)NCc1ccc(NC(=O)NC(C)C)cc1. The van der Waals surface area contributed by atoms with Crippen LogP contribution in [-0.2, 0) is 13.1 Å². The summed E-state index contributed by atoms with van der Waals surface area (Å²) >= 11 is 0. The Hall–Kier alpha value is -3.22. The molecule has 0 saturated heterocycles. The first-order valence-corrected chi connectivity index (χ1v) is 10.2. The van der Waals surface area contributed by atoms with Crippen molar-refractivity contribution in [3.8, 4) is 5.75 Å². The van der Waals surface area contributed by atoms with Crippen molar-refractivity contribution in [1.29, 1.82) is 0 Å². The Kier molecular flexibility index (Phi) is 9.00. The molecule has 4 N–H and O–H groups in total. The summed E-state index contributed by atoms with van der Waals surface area (Å²) in [7, 11) is 1.74. The molecule has 30 heavy (non-hydrogen) atoms. The van der Waals surface area contributed by atoms with Gasteiger partial charge in [0.15, 0.2) is 5.96 Å². The number of carbonyl (C=O) groups excluding carboxylic acids is 1. The molecule has 0 aliphatic rings. The topological polar surface area (TPSA) is 86.8 Å². The van der Waals surface area contributed by atoms with Crippen LogP contribution < -0.4 is 26.0 Å². The minimum Gasteiger partial charge on any atom is -0.494 e. The van der Waals surface area contributed by atoms with Crippen molar-refractivity contribution in [1.82, 2.24) is 16.0 Å². The van der Waals surface area contributed by atoms with Gasteiger partial charge in [-0.2, -0.15) is 0 Å². The number of hydrogen-bond acceptors (Lipinski definition) is 3. The number of anilines is 1. The molecule has 0 bridgehead atoms. The molecule has 0 heterocycles. The number of amides is 2. The van der Waals surface area contributed by atoms with Gasteiger partial charge in [-0.25, -0.2) is 4.79 Å². The summed E-state index contributed by atoms with van der Waals surface area (Å²) < 4.78 is 5.74. The standard InChI is InChI=1S/C23H33N5O2/c1-6-30-21-13-17(4)7-10-19(21)15-26-22(24-5)25-14-18-8-11-20(12-9-18)28-23(29)27-16(2)3/h7-13,16H,6,14-15H2,1-5H3,(H2,24,25,26)(H2,27,28,29). The summed E-state index contributed by atoms with van der Waals surface area (Å²) in [4.78, 5) is 16.1. The zero-order valence-corrected chi connectivity index (χ0v) is 18.5. The van der Waals surface area contributed by atoms with Crippen LogP contribution in [-0.4, -0.2) is 31.7 Å². The van der Waals surface area contributed by atoms with Crippen LogP contribution in [0.4, 0.5) is 10.5 Å². The van der Waals surface area contributed by atoms with Crippen LogP contribution in [0.1, 0.15) is 37.5 Å². The number of hydrogen-bond donors (Lipinski definition) is 4. The summed E-state index contributed by atoms with van der Waals surface area (Å²) in [6, 6.07) is 13.8. The van der Waals surface area contributed by atoms with Gasteiger partial charge in [0.1, 0.15) is 5.75 Å². The van der Waals surface area contributed by atoms with Crippen molar-refractivity contribution < 1.29 is 9.53 Å². The van der Waals surface area contributed by atoms with Crippen LogP contribution in [0.3, 0.4) is 0 Å².